The fraction of sp³-hybridized carbons (Fsp3) is 0.273. The van der Waals surface area contributed by atoms with E-state index in [1.54, 1.807) is 38.1 Å². The van der Waals surface area contributed by atoms with Crippen LogP contribution in [-0.4, -0.2) is 25.2 Å². The fourth-order valence-electron chi connectivity index (χ4n) is 3.04. The Morgan fingerprint density at radius 1 is 1.07 bits per heavy atom. The van der Waals surface area contributed by atoms with Gasteiger partial charge in [0.15, 0.2) is 15.6 Å². The molecule has 0 aliphatic heterocycles. The van der Waals surface area contributed by atoms with Crippen molar-refractivity contribution < 1.29 is 17.7 Å². The standard InChI is InChI=1S/C22H24N2O4S/c1-15-5-4-6-18(11-15)14-23-22(25)9-10-29(26,27)21-13-19(8-7-16(21)2)20-12-17(3)24-28-20/h4-8,11-13H,9-10,14H2,1-3H3,(H,23,25). The lowest BCUT2D eigenvalue weighted by molar-refractivity contribution is -0.120. The molecular weight excluding hydrogens is 388 g/mol. The number of nitrogens with one attached hydrogen (secondary N) is 1. The lowest BCUT2D eigenvalue weighted by Crippen LogP contribution is -2.25. The van der Waals surface area contributed by atoms with Crippen molar-refractivity contribution in [2.75, 3.05) is 5.75 Å². The summed E-state index contributed by atoms with van der Waals surface area (Å²) in [6.07, 6.45) is -0.0980. The number of aryl methyl sites for hydroxylation is 3. The smallest absolute Gasteiger partial charge is 0.221 e. The summed E-state index contributed by atoms with van der Waals surface area (Å²) < 4.78 is 30.9. The molecule has 1 aromatic heterocycles. The number of benzene rings is 2. The van der Waals surface area contributed by atoms with Crippen molar-refractivity contribution in [2.24, 2.45) is 0 Å². The average Bonchev–Trinajstić information content (AvgIpc) is 3.11. The second kappa shape index (κ2) is 8.61. The van der Waals surface area contributed by atoms with Gasteiger partial charge in [-0.2, -0.15) is 0 Å². The molecule has 3 aromatic rings. The highest BCUT2D eigenvalue weighted by Crippen LogP contribution is 2.26. The maximum Gasteiger partial charge on any atom is 0.221 e. The molecule has 1 amide bonds. The Morgan fingerprint density at radius 2 is 1.86 bits per heavy atom. The van der Waals surface area contributed by atoms with Gasteiger partial charge in [0.1, 0.15) is 0 Å². The van der Waals surface area contributed by atoms with Crippen molar-refractivity contribution in [1.82, 2.24) is 10.5 Å². The number of nitrogens with zero attached hydrogens (tertiary/aromatic N) is 1. The zero-order valence-corrected chi connectivity index (χ0v) is 17.5. The van der Waals surface area contributed by atoms with Crippen LogP contribution in [0.4, 0.5) is 0 Å². The molecule has 0 spiro atoms. The average molecular weight is 413 g/mol. The molecule has 0 aliphatic rings. The maximum absolute atomic E-state index is 12.8. The predicted molar refractivity (Wildman–Crippen MR) is 111 cm³/mol. The van der Waals surface area contributed by atoms with Crippen LogP contribution in [0.15, 0.2) is 57.9 Å². The van der Waals surface area contributed by atoms with E-state index in [1.165, 1.54) is 0 Å². The van der Waals surface area contributed by atoms with Gasteiger partial charge in [-0.15, -0.1) is 0 Å². The van der Waals surface area contributed by atoms with Crippen LogP contribution in [0.5, 0.6) is 0 Å². The van der Waals surface area contributed by atoms with Crippen molar-refractivity contribution in [3.63, 3.8) is 0 Å². The largest absolute Gasteiger partial charge is 0.356 e. The second-order valence-electron chi connectivity index (χ2n) is 7.15. The van der Waals surface area contributed by atoms with Gasteiger partial charge in [0.25, 0.3) is 0 Å². The van der Waals surface area contributed by atoms with E-state index in [1.807, 2.05) is 31.2 Å². The third-order valence-corrected chi connectivity index (χ3v) is 6.46. The Balaban J connectivity index is 1.66. The predicted octanol–water partition coefficient (Wildman–Crippen LogP) is 3.75. The summed E-state index contributed by atoms with van der Waals surface area (Å²) in [6.45, 7) is 5.89. The Hall–Kier alpha value is -2.93. The highest BCUT2D eigenvalue weighted by Gasteiger charge is 2.20. The van der Waals surface area contributed by atoms with Gasteiger partial charge >= 0.3 is 0 Å². The molecular formula is C22H24N2O4S. The molecule has 6 nitrogen and oxygen atoms in total. The molecule has 0 atom stereocenters. The number of hydrogen-bond donors (Lipinski definition) is 1. The first-order valence-electron chi connectivity index (χ1n) is 9.34. The van der Waals surface area contributed by atoms with Crippen LogP contribution >= 0.6 is 0 Å². The molecule has 3 rings (SSSR count). The Kier molecular flexibility index (Phi) is 6.17. The Labute approximate surface area is 170 Å². The van der Waals surface area contributed by atoms with Crippen molar-refractivity contribution >= 4 is 15.7 Å². The summed E-state index contributed by atoms with van der Waals surface area (Å²) in [4.78, 5) is 12.4. The molecule has 0 fully saturated rings. The molecule has 0 saturated heterocycles. The lowest BCUT2D eigenvalue weighted by Gasteiger charge is -2.10. The first-order chi connectivity index (χ1) is 13.7. The Morgan fingerprint density at radius 3 is 2.55 bits per heavy atom. The molecule has 0 aliphatic carbocycles. The molecule has 0 radical (unpaired) electrons. The van der Waals surface area contributed by atoms with E-state index >= 15 is 0 Å². The number of amides is 1. The minimum atomic E-state index is -3.62. The zero-order valence-electron chi connectivity index (χ0n) is 16.7. The van der Waals surface area contributed by atoms with Crippen molar-refractivity contribution in [1.29, 1.82) is 0 Å². The van der Waals surface area contributed by atoms with Crippen molar-refractivity contribution in [2.45, 2.75) is 38.6 Å². The highest BCUT2D eigenvalue weighted by atomic mass is 32.2. The van der Waals surface area contributed by atoms with Gasteiger partial charge < -0.3 is 9.84 Å². The van der Waals surface area contributed by atoms with E-state index in [-0.39, 0.29) is 23.0 Å². The van der Waals surface area contributed by atoms with Gasteiger partial charge in [-0.1, -0.05) is 47.1 Å². The van der Waals surface area contributed by atoms with Crippen LogP contribution in [0, 0.1) is 20.8 Å². The number of rotatable bonds is 7. The third-order valence-electron chi connectivity index (χ3n) is 4.61. The van der Waals surface area contributed by atoms with Crippen LogP contribution in [-0.2, 0) is 21.2 Å². The zero-order chi connectivity index (χ0) is 21.0. The number of sulfone groups is 1. The summed E-state index contributed by atoms with van der Waals surface area (Å²) >= 11 is 0. The van der Waals surface area contributed by atoms with E-state index < -0.39 is 9.84 Å². The van der Waals surface area contributed by atoms with E-state index in [9.17, 15) is 13.2 Å². The fourth-order valence-corrected chi connectivity index (χ4v) is 4.58. The molecule has 1 heterocycles. The molecule has 0 bridgehead atoms. The minimum Gasteiger partial charge on any atom is -0.356 e. The van der Waals surface area contributed by atoms with Crippen LogP contribution < -0.4 is 5.32 Å². The number of carbonyl (C=O) groups is 1. The first-order valence-corrected chi connectivity index (χ1v) is 11.0. The molecule has 7 heteroatoms. The SMILES string of the molecule is Cc1cccc(CNC(=O)CCS(=O)(=O)c2cc(-c3cc(C)no3)ccc2C)c1. The quantitative estimate of drug-likeness (QED) is 0.638. The highest BCUT2D eigenvalue weighted by molar-refractivity contribution is 7.91. The van der Waals surface area contributed by atoms with Gasteiger partial charge in [0.05, 0.1) is 16.3 Å². The van der Waals surface area contributed by atoms with E-state index in [4.69, 9.17) is 4.52 Å². The van der Waals surface area contributed by atoms with Crippen LogP contribution in [0.25, 0.3) is 11.3 Å². The normalized spacial score (nSPS) is 11.4. The summed E-state index contributed by atoms with van der Waals surface area (Å²) in [6, 6.07) is 14.7. The van der Waals surface area contributed by atoms with Crippen molar-refractivity contribution in [3.05, 3.63) is 70.9 Å². The van der Waals surface area contributed by atoms with E-state index in [0.717, 1.165) is 16.8 Å². The maximum atomic E-state index is 12.8. The summed E-state index contributed by atoms with van der Waals surface area (Å²) in [5, 5.41) is 6.62. The summed E-state index contributed by atoms with van der Waals surface area (Å²) in [7, 11) is -3.62. The van der Waals surface area contributed by atoms with Crippen LogP contribution in [0.2, 0.25) is 0 Å². The van der Waals surface area contributed by atoms with Gasteiger partial charge in [-0.3, -0.25) is 4.79 Å². The third kappa shape index (κ3) is 5.32. The van der Waals surface area contributed by atoms with Gasteiger partial charge in [-0.25, -0.2) is 8.42 Å². The van der Waals surface area contributed by atoms with Crippen LogP contribution in [0.3, 0.4) is 0 Å². The summed E-state index contributed by atoms with van der Waals surface area (Å²) in [5.41, 5.74) is 4.07. The molecule has 1 N–H and O–H groups in total. The van der Waals surface area contributed by atoms with Crippen LogP contribution in [0.1, 0.15) is 28.8 Å². The molecule has 0 unspecified atom stereocenters. The van der Waals surface area contributed by atoms with Gasteiger partial charge in [0, 0.05) is 24.6 Å². The van der Waals surface area contributed by atoms with E-state index in [0.29, 0.717) is 23.4 Å². The number of hydrogen-bond acceptors (Lipinski definition) is 5. The molecule has 152 valence electrons. The topological polar surface area (TPSA) is 89.3 Å². The molecule has 29 heavy (non-hydrogen) atoms. The lowest BCUT2D eigenvalue weighted by atomic mass is 10.1. The molecule has 2 aromatic carbocycles. The van der Waals surface area contributed by atoms with Crippen molar-refractivity contribution in [3.8, 4) is 11.3 Å². The second-order valence-corrected chi connectivity index (χ2v) is 9.23. The minimum absolute atomic E-state index is 0.0980. The first kappa shape index (κ1) is 20.8. The molecule has 0 saturated carbocycles. The van der Waals surface area contributed by atoms with Gasteiger partial charge in [-0.05, 0) is 38.0 Å². The van der Waals surface area contributed by atoms with Gasteiger partial charge in [0.2, 0.25) is 5.91 Å². The van der Waals surface area contributed by atoms with E-state index in [2.05, 4.69) is 10.5 Å². The Bertz CT molecular complexity index is 1130. The number of carbonyl (C=O) groups excluding carboxylic acids is 1. The number of aromatic nitrogens is 1. The monoisotopic (exact) mass is 412 g/mol. The summed E-state index contributed by atoms with van der Waals surface area (Å²) in [5.74, 6) is -0.0450.